The molecule has 1 saturated heterocycles. The van der Waals surface area contributed by atoms with Gasteiger partial charge in [-0.25, -0.2) is 0 Å². The van der Waals surface area contributed by atoms with E-state index >= 15 is 0 Å². The molecule has 3 rings (SSSR count). The first-order valence-corrected chi connectivity index (χ1v) is 9.01. The van der Waals surface area contributed by atoms with Gasteiger partial charge in [0.15, 0.2) is 0 Å². The van der Waals surface area contributed by atoms with Gasteiger partial charge in [0.1, 0.15) is 6.04 Å². The van der Waals surface area contributed by atoms with Gasteiger partial charge in [-0.1, -0.05) is 48.5 Å². The van der Waals surface area contributed by atoms with Crippen molar-refractivity contribution in [1.82, 2.24) is 10.6 Å². The lowest BCUT2D eigenvalue weighted by Crippen LogP contribution is -2.49. The van der Waals surface area contributed by atoms with E-state index in [1.54, 1.807) is 24.3 Å². The first-order chi connectivity index (χ1) is 12.7. The second-order valence-electron chi connectivity index (χ2n) is 6.46. The molecule has 2 N–H and O–H groups in total. The fourth-order valence-corrected chi connectivity index (χ4v) is 3.03. The minimum Gasteiger partial charge on any atom is -0.376 e. The summed E-state index contributed by atoms with van der Waals surface area (Å²) in [5, 5.41) is 5.79. The maximum absolute atomic E-state index is 12.7. The Hall–Kier alpha value is -2.66. The number of carbonyl (C=O) groups excluding carboxylic acids is 2. The Balaban J connectivity index is 1.66. The lowest BCUT2D eigenvalue weighted by molar-refractivity contribution is -0.123. The molecule has 0 saturated carbocycles. The van der Waals surface area contributed by atoms with Gasteiger partial charge < -0.3 is 15.4 Å². The maximum atomic E-state index is 12.7. The molecule has 2 aromatic rings. The van der Waals surface area contributed by atoms with Crippen molar-refractivity contribution >= 4 is 11.8 Å². The van der Waals surface area contributed by atoms with Crippen molar-refractivity contribution in [3.8, 4) is 0 Å². The second-order valence-corrected chi connectivity index (χ2v) is 6.46. The molecule has 136 valence electrons. The molecule has 26 heavy (non-hydrogen) atoms. The third-order valence-corrected chi connectivity index (χ3v) is 4.47. The Morgan fingerprint density at radius 3 is 2.38 bits per heavy atom. The number of ether oxygens (including phenoxy) is 1. The SMILES string of the molecule is O=C(N[C@@H](Cc1ccccc1)C(=O)NC[C@@H]1CCCO1)c1ccccc1. The molecule has 0 aromatic heterocycles. The van der Waals surface area contributed by atoms with Crippen LogP contribution in [0.2, 0.25) is 0 Å². The van der Waals surface area contributed by atoms with Crippen LogP contribution in [0.1, 0.15) is 28.8 Å². The Morgan fingerprint density at radius 1 is 1.04 bits per heavy atom. The largest absolute Gasteiger partial charge is 0.376 e. The molecular formula is C21H24N2O3. The highest BCUT2D eigenvalue weighted by atomic mass is 16.5. The van der Waals surface area contributed by atoms with Crippen LogP contribution in [-0.2, 0) is 16.0 Å². The van der Waals surface area contributed by atoms with Gasteiger partial charge in [0.05, 0.1) is 6.10 Å². The van der Waals surface area contributed by atoms with E-state index in [1.807, 2.05) is 36.4 Å². The van der Waals surface area contributed by atoms with Crippen LogP contribution in [0.4, 0.5) is 0 Å². The first-order valence-electron chi connectivity index (χ1n) is 9.01. The Bertz CT molecular complexity index is 713. The van der Waals surface area contributed by atoms with Crippen molar-refractivity contribution in [2.45, 2.75) is 31.4 Å². The summed E-state index contributed by atoms with van der Waals surface area (Å²) in [6, 6.07) is 18.0. The Labute approximate surface area is 153 Å². The highest BCUT2D eigenvalue weighted by molar-refractivity contribution is 5.97. The van der Waals surface area contributed by atoms with Crippen molar-refractivity contribution in [1.29, 1.82) is 0 Å². The first kappa shape index (κ1) is 18.1. The van der Waals surface area contributed by atoms with Gasteiger partial charge in [-0.3, -0.25) is 9.59 Å². The van der Waals surface area contributed by atoms with Crippen molar-refractivity contribution in [2.24, 2.45) is 0 Å². The molecular weight excluding hydrogens is 328 g/mol. The minimum absolute atomic E-state index is 0.0705. The standard InChI is InChI=1S/C21H24N2O3/c24-20(17-10-5-2-6-11-17)23-19(14-16-8-3-1-4-9-16)21(25)22-15-18-12-7-13-26-18/h1-6,8-11,18-19H,7,12-15H2,(H,22,25)(H,23,24)/t18-,19-/m0/s1. The average molecular weight is 352 g/mol. The molecule has 0 aliphatic carbocycles. The van der Waals surface area contributed by atoms with Crippen molar-refractivity contribution in [2.75, 3.05) is 13.2 Å². The number of nitrogens with one attached hydrogen (secondary N) is 2. The van der Waals surface area contributed by atoms with E-state index in [1.165, 1.54) is 0 Å². The molecule has 1 aliphatic heterocycles. The summed E-state index contributed by atoms with van der Waals surface area (Å²) >= 11 is 0. The molecule has 0 spiro atoms. The van der Waals surface area contributed by atoms with Crippen LogP contribution in [0.5, 0.6) is 0 Å². The van der Waals surface area contributed by atoms with Crippen molar-refractivity contribution in [3.05, 3.63) is 71.8 Å². The van der Waals surface area contributed by atoms with Crippen molar-refractivity contribution < 1.29 is 14.3 Å². The number of carbonyl (C=O) groups is 2. The molecule has 0 radical (unpaired) electrons. The monoisotopic (exact) mass is 352 g/mol. The number of hydrogen-bond acceptors (Lipinski definition) is 3. The fraction of sp³-hybridized carbons (Fsp3) is 0.333. The van der Waals surface area contributed by atoms with Gasteiger partial charge >= 0.3 is 0 Å². The van der Waals surface area contributed by atoms with Crippen molar-refractivity contribution in [3.63, 3.8) is 0 Å². The maximum Gasteiger partial charge on any atom is 0.251 e. The van der Waals surface area contributed by atoms with E-state index < -0.39 is 6.04 Å². The normalized spacial score (nSPS) is 17.5. The molecule has 5 heteroatoms. The fourth-order valence-electron chi connectivity index (χ4n) is 3.03. The van der Waals surface area contributed by atoms with Crippen LogP contribution < -0.4 is 10.6 Å². The zero-order valence-corrected chi connectivity index (χ0v) is 14.7. The van der Waals surface area contributed by atoms with Crippen LogP contribution in [0.3, 0.4) is 0 Å². The number of rotatable bonds is 7. The topological polar surface area (TPSA) is 67.4 Å². The van der Waals surface area contributed by atoms with Gasteiger partial charge in [0, 0.05) is 25.1 Å². The molecule has 5 nitrogen and oxygen atoms in total. The average Bonchev–Trinajstić information content (AvgIpc) is 3.20. The van der Waals surface area contributed by atoms with E-state index in [0.717, 1.165) is 25.0 Å². The molecule has 2 amide bonds. The third kappa shape index (κ3) is 5.17. The number of benzene rings is 2. The van der Waals surface area contributed by atoms with Crippen LogP contribution in [0, 0.1) is 0 Å². The summed E-state index contributed by atoms with van der Waals surface area (Å²) in [4.78, 5) is 25.2. The highest BCUT2D eigenvalue weighted by Gasteiger charge is 2.23. The van der Waals surface area contributed by atoms with Crippen LogP contribution >= 0.6 is 0 Å². The van der Waals surface area contributed by atoms with E-state index in [9.17, 15) is 9.59 Å². The highest BCUT2D eigenvalue weighted by Crippen LogP contribution is 2.11. The van der Waals surface area contributed by atoms with E-state index in [0.29, 0.717) is 18.5 Å². The number of amides is 2. The van der Waals surface area contributed by atoms with Gasteiger partial charge in [-0.05, 0) is 30.5 Å². The van der Waals surface area contributed by atoms with E-state index in [4.69, 9.17) is 4.74 Å². The second kappa shape index (κ2) is 9.15. The molecule has 1 heterocycles. The molecule has 0 bridgehead atoms. The lowest BCUT2D eigenvalue weighted by atomic mass is 10.0. The van der Waals surface area contributed by atoms with E-state index in [2.05, 4.69) is 10.6 Å². The minimum atomic E-state index is -0.633. The summed E-state index contributed by atoms with van der Waals surface area (Å²) in [7, 11) is 0. The van der Waals surface area contributed by atoms with Gasteiger partial charge in [-0.2, -0.15) is 0 Å². The van der Waals surface area contributed by atoms with Gasteiger partial charge in [0.25, 0.3) is 5.91 Å². The summed E-state index contributed by atoms with van der Waals surface area (Å²) in [6.07, 6.45) is 2.50. The Kier molecular flexibility index (Phi) is 6.39. The predicted octanol–water partition coefficient (Wildman–Crippen LogP) is 2.32. The third-order valence-electron chi connectivity index (χ3n) is 4.47. The van der Waals surface area contributed by atoms with Crippen LogP contribution in [0.25, 0.3) is 0 Å². The molecule has 1 fully saturated rings. The molecule has 1 aliphatic rings. The lowest BCUT2D eigenvalue weighted by Gasteiger charge is -2.20. The van der Waals surface area contributed by atoms with Gasteiger partial charge in [-0.15, -0.1) is 0 Å². The van der Waals surface area contributed by atoms with E-state index in [-0.39, 0.29) is 17.9 Å². The zero-order valence-electron chi connectivity index (χ0n) is 14.7. The summed E-state index contributed by atoms with van der Waals surface area (Å²) in [6.45, 7) is 1.23. The molecule has 2 atom stereocenters. The molecule has 2 aromatic carbocycles. The summed E-state index contributed by atoms with van der Waals surface area (Å²) < 4.78 is 5.55. The van der Waals surface area contributed by atoms with Crippen LogP contribution in [-0.4, -0.2) is 37.1 Å². The zero-order chi connectivity index (χ0) is 18.2. The summed E-state index contributed by atoms with van der Waals surface area (Å²) in [5.74, 6) is -0.438. The predicted molar refractivity (Wildman–Crippen MR) is 99.8 cm³/mol. The molecule has 0 unspecified atom stereocenters. The smallest absolute Gasteiger partial charge is 0.251 e. The Morgan fingerprint density at radius 2 is 1.73 bits per heavy atom. The quantitative estimate of drug-likeness (QED) is 0.804. The van der Waals surface area contributed by atoms with Gasteiger partial charge in [0.2, 0.25) is 5.91 Å². The van der Waals surface area contributed by atoms with Crippen LogP contribution in [0.15, 0.2) is 60.7 Å². The summed E-state index contributed by atoms with van der Waals surface area (Å²) in [5.41, 5.74) is 1.54. The number of hydrogen-bond donors (Lipinski definition) is 2.